The summed E-state index contributed by atoms with van der Waals surface area (Å²) in [6.07, 6.45) is 2.68. The molecule has 0 atom stereocenters. The topological polar surface area (TPSA) is 29.9 Å². The maximum atomic E-state index is 15.0. The van der Waals surface area contributed by atoms with E-state index in [4.69, 9.17) is 0 Å². The number of aromatic nitrogens is 2. The molecule has 0 radical (unpaired) electrons. The zero-order valence-electron chi connectivity index (χ0n) is 10.1. The summed E-state index contributed by atoms with van der Waals surface area (Å²) in [5, 5.41) is 7.45. The molecule has 3 nitrogen and oxygen atoms in total. The minimum Gasteiger partial charge on any atom is -0.316 e. The number of hydrogen-bond donors (Lipinski definition) is 1. The Bertz CT molecular complexity index is 515. The highest BCUT2D eigenvalue weighted by Gasteiger charge is 2.36. The Labute approximate surface area is 106 Å². The number of hydrogen-bond acceptors (Lipinski definition) is 2. The summed E-state index contributed by atoms with van der Waals surface area (Å²) in [6.45, 7) is 1.44. The number of halogens is 1. The van der Waals surface area contributed by atoms with Gasteiger partial charge in [-0.3, -0.25) is 0 Å². The molecule has 0 saturated carbocycles. The molecule has 0 spiro atoms. The molecule has 94 valence electrons. The monoisotopic (exact) mass is 245 g/mol. The Kier molecular flexibility index (Phi) is 2.88. The molecular weight excluding hydrogens is 229 g/mol. The quantitative estimate of drug-likeness (QED) is 0.880. The second kappa shape index (κ2) is 4.53. The summed E-state index contributed by atoms with van der Waals surface area (Å²) in [7, 11) is 0. The Balaban J connectivity index is 2.01. The van der Waals surface area contributed by atoms with E-state index in [0.717, 1.165) is 18.8 Å². The lowest BCUT2D eigenvalue weighted by molar-refractivity contribution is 0.107. The number of para-hydroxylation sites is 1. The molecule has 2 heterocycles. The molecule has 1 aromatic carbocycles. The van der Waals surface area contributed by atoms with E-state index in [1.54, 1.807) is 16.9 Å². The first kappa shape index (κ1) is 11.4. The van der Waals surface area contributed by atoms with Crippen LogP contribution < -0.4 is 5.32 Å². The molecule has 1 N–H and O–H groups in total. The van der Waals surface area contributed by atoms with Crippen molar-refractivity contribution >= 4 is 0 Å². The summed E-state index contributed by atoms with van der Waals surface area (Å²) in [5.74, 6) is 0. The van der Waals surface area contributed by atoms with Crippen molar-refractivity contribution in [2.75, 3.05) is 13.1 Å². The highest BCUT2D eigenvalue weighted by molar-refractivity contribution is 5.34. The number of benzene rings is 1. The van der Waals surface area contributed by atoms with Crippen molar-refractivity contribution < 1.29 is 4.39 Å². The first-order chi connectivity index (χ1) is 8.80. The van der Waals surface area contributed by atoms with Crippen LogP contribution in [0.2, 0.25) is 0 Å². The van der Waals surface area contributed by atoms with Gasteiger partial charge in [0, 0.05) is 6.20 Å². The van der Waals surface area contributed by atoms with E-state index >= 15 is 0 Å². The van der Waals surface area contributed by atoms with Crippen LogP contribution in [-0.2, 0) is 5.67 Å². The van der Waals surface area contributed by atoms with E-state index in [-0.39, 0.29) is 0 Å². The predicted octanol–water partition coefficient (Wildman–Crippen LogP) is 2.42. The summed E-state index contributed by atoms with van der Waals surface area (Å²) < 4.78 is 16.7. The molecule has 0 amide bonds. The summed E-state index contributed by atoms with van der Waals surface area (Å²) >= 11 is 0. The van der Waals surface area contributed by atoms with Crippen molar-refractivity contribution in [1.82, 2.24) is 15.1 Å². The average Bonchev–Trinajstić information content (AvgIpc) is 2.91. The van der Waals surface area contributed by atoms with Crippen molar-refractivity contribution in [3.63, 3.8) is 0 Å². The van der Waals surface area contributed by atoms with Crippen LogP contribution in [0.3, 0.4) is 0 Å². The smallest absolute Gasteiger partial charge is 0.155 e. The molecule has 18 heavy (non-hydrogen) atoms. The van der Waals surface area contributed by atoms with Crippen LogP contribution in [0.5, 0.6) is 0 Å². The maximum Gasteiger partial charge on any atom is 0.155 e. The maximum absolute atomic E-state index is 15.0. The number of nitrogens with zero attached hydrogens (tertiary/aromatic N) is 2. The lowest BCUT2D eigenvalue weighted by Crippen LogP contribution is -2.38. The van der Waals surface area contributed by atoms with Gasteiger partial charge < -0.3 is 5.32 Å². The molecule has 1 fully saturated rings. The summed E-state index contributed by atoms with van der Waals surface area (Å²) in [5.41, 5.74) is 0.306. The van der Waals surface area contributed by atoms with E-state index in [1.807, 2.05) is 30.3 Å². The Morgan fingerprint density at radius 2 is 1.83 bits per heavy atom. The highest BCUT2D eigenvalue weighted by atomic mass is 19.1. The lowest BCUT2D eigenvalue weighted by Gasteiger charge is -2.30. The molecule has 1 aliphatic heterocycles. The SMILES string of the molecule is FC1(c2ccnn2-c2ccccc2)CCNCC1. The second-order valence-corrected chi connectivity index (χ2v) is 4.68. The first-order valence-electron chi connectivity index (χ1n) is 6.29. The van der Waals surface area contributed by atoms with Gasteiger partial charge in [0.25, 0.3) is 0 Å². The minimum absolute atomic E-state index is 0.505. The predicted molar refractivity (Wildman–Crippen MR) is 68.5 cm³/mol. The van der Waals surface area contributed by atoms with Gasteiger partial charge in [0.05, 0.1) is 11.4 Å². The normalized spacial score (nSPS) is 18.7. The van der Waals surface area contributed by atoms with E-state index < -0.39 is 5.67 Å². The van der Waals surface area contributed by atoms with Gasteiger partial charge in [0.2, 0.25) is 0 Å². The van der Waals surface area contributed by atoms with Gasteiger partial charge in [-0.1, -0.05) is 18.2 Å². The fraction of sp³-hybridized carbons (Fsp3) is 0.357. The Morgan fingerprint density at radius 3 is 2.56 bits per heavy atom. The third kappa shape index (κ3) is 1.93. The van der Waals surface area contributed by atoms with Gasteiger partial charge in [0.1, 0.15) is 0 Å². The number of nitrogens with one attached hydrogen (secondary N) is 1. The molecule has 1 saturated heterocycles. The fourth-order valence-corrected chi connectivity index (χ4v) is 2.50. The molecule has 1 aromatic heterocycles. The van der Waals surface area contributed by atoms with Crippen molar-refractivity contribution in [3.05, 3.63) is 48.3 Å². The van der Waals surface area contributed by atoms with Gasteiger partial charge in [-0.2, -0.15) is 5.10 Å². The van der Waals surface area contributed by atoms with E-state index in [9.17, 15) is 4.39 Å². The van der Waals surface area contributed by atoms with Gasteiger partial charge in [-0.25, -0.2) is 9.07 Å². The van der Waals surface area contributed by atoms with Crippen LogP contribution >= 0.6 is 0 Å². The summed E-state index contributed by atoms with van der Waals surface area (Å²) in [6, 6.07) is 11.5. The molecule has 3 rings (SSSR count). The zero-order chi connectivity index (χ0) is 12.4. The fourth-order valence-electron chi connectivity index (χ4n) is 2.50. The average molecular weight is 245 g/mol. The van der Waals surface area contributed by atoms with Crippen molar-refractivity contribution in [2.45, 2.75) is 18.5 Å². The standard InChI is InChI=1S/C14H16FN3/c15-14(7-10-16-11-8-14)13-6-9-17-18(13)12-4-2-1-3-5-12/h1-6,9,16H,7-8,10-11H2. The second-order valence-electron chi connectivity index (χ2n) is 4.68. The van der Waals surface area contributed by atoms with Crippen LogP contribution in [0, 0.1) is 0 Å². The number of rotatable bonds is 2. The van der Waals surface area contributed by atoms with Crippen LogP contribution in [0.4, 0.5) is 4.39 Å². The van der Waals surface area contributed by atoms with Gasteiger partial charge in [-0.05, 0) is 44.1 Å². The van der Waals surface area contributed by atoms with E-state index in [1.165, 1.54) is 0 Å². The van der Waals surface area contributed by atoms with Gasteiger partial charge >= 0.3 is 0 Å². The molecule has 1 aliphatic rings. The highest BCUT2D eigenvalue weighted by Crippen LogP contribution is 2.35. The Hall–Kier alpha value is -1.68. The lowest BCUT2D eigenvalue weighted by atomic mass is 9.91. The van der Waals surface area contributed by atoms with Crippen LogP contribution in [0.1, 0.15) is 18.5 Å². The largest absolute Gasteiger partial charge is 0.316 e. The first-order valence-corrected chi connectivity index (χ1v) is 6.29. The molecule has 0 unspecified atom stereocenters. The molecule has 4 heteroatoms. The third-order valence-corrected chi connectivity index (χ3v) is 3.50. The molecule has 0 aliphatic carbocycles. The zero-order valence-corrected chi connectivity index (χ0v) is 10.1. The third-order valence-electron chi connectivity index (χ3n) is 3.50. The Morgan fingerprint density at radius 1 is 1.11 bits per heavy atom. The number of alkyl halides is 1. The minimum atomic E-state index is -1.27. The molecular formula is C14H16FN3. The molecule has 2 aromatic rings. The van der Waals surface area contributed by atoms with Crippen LogP contribution in [0.25, 0.3) is 5.69 Å². The van der Waals surface area contributed by atoms with Gasteiger partial charge in [0.15, 0.2) is 5.67 Å². The van der Waals surface area contributed by atoms with Crippen LogP contribution in [0.15, 0.2) is 42.6 Å². The summed E-state index contributed by atoms with van der Waals surface area (Å²) in [4.78, 5) is 0. The van der Waals surface area contributed by atoms with Crippen molar-refractivity contribution in [1.29, 1.82) is 0 Å². The van der Waals surface area contributed by atoms with Crippen LogP contribution in [-0.4, -0.2) is 22.9 Å². The van der Waals surface area contributed by atoms with Crippen molar-refractivity contribution in [3.8, 4) is 5.69 Å². The van der Waals surface area contributed by atoms with E-state index in [0.29, 0.717) is 18.5 Å². The number of piperidine rings is 1. The molecule has 0 bridgehead atoms. The van der Waals surface area contributed by atoms with Gasteiger partial charge in [-0.15, -0.1) is 0 Å². The van der Waals surface area contributed by atoms with Crippen molar-refractivity contribution in [2.24, 2.45) is 0 Å². The van der Waals surface area contributed by atoms with E-state index in [2.05, 4.69) is 10.4 Å².